The van der Waals surface area contributed by atoms with E-state index >= 15 is 0 Å². The summed E-state index contributed by atoms with van der Waals surface area (Å²) in [6.45, 7) is 17.9. The number of ether oxygens (including phenoxy) is 1. The highest BCUT2D eigenvalue weighted by Gasteiger charge is 2.34. The van der Waals surface area contributed by atoms with Crippen LogP contribution in [0.4, 0.5) is 0 Å². The highest BCUT2D eigenvalue weighted by Crippen LogP contribution is 2.44. The van der Waals surface area contributed by atoms with Gasteiger partial charge in [-0.05, 0) is 87.8 Å². The molecule has 32 heavy (non-hydrogen) atoms. The summed E-state index contributed by atoms with van der Waals surface area (Å²) in [6.07, 6.45) is 14.1. The molecule has 2 nitrogen and oxygen atoms in total. The molecule has 1 heterocycles. The SMILES string of the molecule is Cc1c(C)c2c(c(C)c1O)CC[C@@](C)(CCC[C@H](C)CCC[C@H](C)CCCC(C)C)O2.P. The molecule has 0 aromatic heterocycles. The van der Waals surface area contributed by atoms with Gasteiger partial charge in [0.05, 0.1) is 0 Å². The molecule has 1 aromatic rings. The first-order chi connectivity index (χ1) is 14.5. The maximum atomic E-state index is 10.4. The summed E-state index contributed by atoms with van der Waals surface area (Å²) in [4.78, 5) is 0. The molecule has 0 bridgehead atoms. The summed E-state index contributed by atoms with van der Waals surface area (Å²) in [7, 11) is 0. The monoisotopic (exact) mass is 464 g/mol. The van der Waals surface area contributed by atoms with Crippen LogP contribution in [0.2, 0.25) is 0 Å². The number of fused-ring (bicyclic) bond motifs is 1. The van der Waals surface area contributed by atoms with E-state index in [-0.39, 0.29) is 15.5 Å². The van der Waals surface area contributed by atoms with Gasteiger partial charge >= 0.3 is 0 Å². The first kappa shape index (κ1) is 29.3. The normalized spacial score (nSPS) is 19.8. The van der Waals surface area contributed by atoms with Crippen molar-refractivity contribution in [1.82, 2.24) is 0 Å². The second-order valence-corrected chi connectivity index (χ2v) is 11.4. The molecule has 4 atom stereocenters. The van der Waals surface area contributed by atoms with Crippen molar-refractivity contribution in [2.75, 3.05) is 0 Å². The van der Waals surface area contributed by atoms with E-state index in [1.54, 1.807) is 0 Å². The molecule has 0 fully saturated rings. The number of phenolic OH excluding ortho intramolecular Hbond substituents is 1. The minimum absolute atomic E-state index is 0. The van der Waals surface area contributed by atoms with Gasteiger partial charge in [-0.15, -0.1) is 0 Å². The van der Waals surface area contributed by atoms with E-state index in [0.717, 1.165) is 59.5 Å². The van der Waals surface area contributed by atoms with Gasteiger partial charge in [-0.3, -0.25) is 0 Å². The Balaban J connectivity index is 0.00000512. The number of benzene rings is 1. The summed E-state index contributed by atoms with van der Waals surface area (Å²) in [5, 5.41) is 10.4. The highest BCUT2D eigenvalue weighted by molar-refractivity contribution is 6.92. The second kappa shape index (κ2) is 13.2. The lowest BCUT2D eigenvalue weighted by Gasteiger charge is -2.38. The van der Waals surface area contributed by atoms with Gasteiger partial charge in [0.2, 0.25) is 0 Å². The van der Waals surface area contributed by atoms with Crippen LogP contribution in [0.5, 0.6) is 11.5 Å². The van der Waals surface area contributed by atoms with Crippen LogP contribution in [0.1, 0.15) is 121 Å². The quantitative estimate of drug-likeness (QED) is 0.313. The molecule has 2 rings (SSSR count). The molecule has 1 N–H and O–H groups in total. The molecule has 3 heteroatoms. The molecule has 0 aliphatic carbocycles. The Morgan fingerprint density at radius 1 is 0.812 bits per heavy atom. The lowest BCUT2D eigenvalue weighted by Crippen LogP contribution is -2.37. The number of hydrogen-bond acceptors (Lipinski definition) is 2. The molecule has 0 saturated heterocycles. The van der Waals surface area contributed by atoms with Gasteiger partial charge in [-0.1, -0.05) is 72.6 Å². The Bertz CT molecular complexity index is 712. The van der Waals surface area contributed by atoms with Gasteiger partial charge in [0.25, 0.3) is 0 Å². The van der Waals surface area contributed by atoms with Crippen LogP contribution >= 0.6 is 9.90 Å². The summed E-state index contributed by atoms with van der Waals surface area (Å²) in [6, 6.07) is 0. The van der Waals surface area contributed by atoms with E-state index in [1.165, 1.54) is 56.9 Å². The minimum Gasteiger partial charge on any atom is -0.507 e. The van der Waals surface area contributed by atoms with Gasteiger partial charge in [0, 0.05) is 5.56 Å². The van der Waals surface area contributed by atoms with Crippen molar-refractivity contribution in [3.63, 3.8) is 0 Å². The van der Waals surface area contributed by atoms with Crippen molar-refractivity contribution < 1.29 is 9.84 Å². The third-order valence-electron chi connectivity index (χ3n) is 7.87. The number of phenols is 1. The maximum absolute atomic E-state index is 10.4. The van der Waals surface area contributed by atoms with Crippen LogP contribution in [0.25, 0.3) is 0 Å². The van der Waals surface area contributed by atoms with E-state index in [4.69, 9.17) is 4.74 Å². The van der Waals surface area contributed by atoms with Crippen LogP contribution in [-0.2, 0) is 6.42 Å². The van der Waals surface area contributed by atoms with Crippen molar-refractivity contribution in [2.24, 2.45) is 17.8 Å². The number of rotatable bonds is 12. The standard InChI is InChI=1S/C29H50O2.H3P/c1-20(2)12-9-13-21(3)14-10-15-22(4)16-11-18-29(8)19-17-26-25(7)27(30)23(5)24(6)28(26)31-29;/h20-22,30H,9-19H2,1-8H3;1H3/t21-,22-,29-;/m1./s1. The molecule has 1 aliphatic rings. The van der Waals surface area contributed by atoms with Crippen LogP contribution < -0.4 is 4.74 Å². The van der Waals surface area contributed by atoms with Crippen LogP contribution in [0, 0.1) is 38.5 Å². The van der Waals surface area contributed by atoms with Crippen molar-refractivity contribution in [3.8, 4) is 11.5 Å². The van der Waals surface area contributed by atoms with Gasteiger partial charge in [-0.2, -0.15) is 9.90 Å². The van der Waals surface area contributed by atoms with Crippen LogP contribution in [-0.4, -0.2) is 10.7 Å². The highest BCUT2D eigenvalue weighted by atomic mass is 31.0. The molecule has 1 unspecified atom stereocenters. The fraction of sp³-hybridized carbons (Fsp3) is 0.793. The van der Waals surface area contributed by atoms with E-state index in [9.17, 15) is 5.11 Å². The second-order valence-electron chi connectivity index (χ2n) is 11.4. The van der Waals surface area contributed by atoms with E-state index in [2.05, 4.69) is 41.5 Å². The fourth-order valence-corrected chi connectivity index (χ4v) is 5.27. The third kappa shape index (κ3) is 8.23. The zero-order valence-electron chi connectivity index (χ0n) is 22.6. The Labute approximate surface area is 202 Å². The smallest absolute Gasteiger partial charge is 0.127 e. The fourth-order valence-electron chi connectivity index (χ4n) is 5.27. The van der Waals surface area contributed by atoms with Crippen molar-refractivity contribution in [3.05, 3.63) is 22.3 Å². The first-order valence-electron chi connectivity index (χ1n) is 13.0. The lowest BCUT2D eigenvalue weighted by molar-refractivity contribution is 0.0512. The average molecular weight is 465 g/mol. The zero-order valence-corrected chi connectivity index (χ0v) is 24.0. The Kier molecular flexibility index (Phi) is 12.1. The predicted molar refractivity (Wildman–Crippen MR) is 145 cm³/mol. The van der Waals surface area contributed by atoms with E-state index < -0.39 is 0 Å². The van der Waals surface area contributed by atoms with Crippen molar-refractivity contribution in [2.45, 2.75) is 132 Å². The number of hydrogen-bond donors (Lipinski definition) is 1. The molecule has 1 aromatic carbocycles. The minimum atomic E-state index is -0.0712. The topological polar surface area (TPSA) is 29.5 Å². The average Bonchev–Trinajstić information content (AvgIpc) is 2.70. The molecule has 0 spiro atoms. The zero-order chi connectivity index (χ0) is 23.2. The summed E-state index contributed by atoms with van der Waals surface area (Å²) < 4.78 is 6.60. The van der Waals surface area contributed by atoms with Crippen molar-refractivity contribution in [1.29, 1.82) is 0 Å². The Morgan fingerprint density at radius 3 is 1.91 bits per heavy atom. The van der Waals surface area contributed by atoms with Crippen LogP contribution in [0.3, 0.4) is 0 Å². The molecular formula is C29H53O2P. The Morgan fingerprint density at radius 2 is 1.34 bits per heavy atom. The molecule has 0 saturated carbocycles. The van der Waals surface area contributed by atoms with E-state index in [1.807, 2.05) is 13.8 Å². The lowest BCUT2D eigenvalue weighted by atomic mass is 9.84. The van der Waals surface area contributed by atoms with E-state index in [0.29, 0.717) is 5.75 Å². The van der Waals surface area contributed by atoms with Gasteiger partial charge < -0.3 is 9.84 Å². The molecule has 186 valence electrons. The molecule has 0 radical (unpaired) electrons. The molecule has 0 amide bonds. The number of aromatic hydroxyl groups is 1. The summed E-state index contributed by atoms with van der Waals surface area (Å²) in [5.74, 6) is 4.04. The van der Waals surface area contributed by atoms with Gasteiger partial charge in [-0.25, -0.2) is 0 Å². The Hall–Kier alpha value is -0.750. The van der Waals surface area contributed by atoms with Gasteiger partial charge in [0.1, 0.15) is 17.1 Å². The summed E-state index contributed by atoms with van der Waals surface area (Å²) in [5.41, 5.74) is 4.23. The first-order valence-corrected chi connectivity index (χ1v) is 13.0. The van der Waals surface area contributed by atoms with Gasteiger partial charge in [0.15, 0.2) is 0 Å². The maximum Gasteiger partial charge on any atom is 0.127 e. The summed E-state index contributed by atoms with van der Waals surface area (Å²) >= 11 is 0. The molecular weight excluding hydrogens is 411 g/mol. The molecule has 1 aliphatic heterocycles. The predicted octanol–water partition coefficient (Wildman–Crippen LogP) is 8.90. The van der Waals surface area contributed by atoms with Crippen molar-refractivity contribution >= 4 is 9.90 Å². The largest absolute Gasteiger partial charge is 0.507 e. The van der Waals surface area contributed by atoms with Crippen LogP contribution in [0.15, 0.2) is 0 Å². The third-order valence-corrected chi connectivity index (χ3v) is 7.87.